The molecule has 0 aliphatic carbocycles. The number of aryl methyl sites for hydroxylation is 1. The Bertz CT molecular complexity index is 721. The Balaban J connectivity index is 2.60. The van der Waals surface area contributed by atoms with Gasteiger partial charge in [0.15, 0.2) is 5.03 Å². The molecule has 2 heterocycles. The third-order valence-corrected chi connectivity index (χ3v) is 6.37. The molecular weight excluding hydrogens is 304 g/mol. The highest BCUT2D eigenvalue weighted by atomic mass is 32.2. The number of aromatic nitrogens is 2. The van der Waals surface area contributed by atoms with Crippen LogP contribution in [0.2, 0.25) is 0 Å². The van der Waals surface area contributed by atoms with Crippen molar-refractivity contribution >= 4 is 20.0 Å². The van der Waals surface area contributed by atoms with Gasteiger partial charge in [-0.2, -0.15) is 9.40 Å². The lowest BCUT2D eigenvalue weighted by Gasteiger charge is -2.25. The summed E-state index contributed by atoms with van der Waals surface area (Å²) in [4.78, 5) is -0.259. The lowest BCUT2D eigenvalue weighted by atomic mass is 10.3. The number of nitrogens with zero attached hydrogens (tertiary/aromatic N) is 3. The zero-order valence-corrected chi connectivity index (χ0v) is 13.0. The Labute approximate surface area is 118 Å². The highest BCUT2D eigenvalue weighted by Crippen LogP contribution is 2.31. The van der Waals surface area contributed by atoms with Gasteiger partial charge >= 0.3 is 0 Å². The summed E-state index contributed by atoms with van der Waals surface area (Å²) in [5.74, 6) is 0. The van der Waals surface area contributed by atoms with Gasteiger partial charge in [0.1, 0.15) is 4.90 Å². The van der Waals surface area contributed by atoms with E-state index in [2.05, 4.69) is 5.10 Å². The van der Waals surface area contributed by atoms with E-state index >= 15 is 0 Å². The molecule has 20 heavy (non-hydrogen) atoms. The number of primary sulfonamides is 1. The van der Waals surface area contributed by atoms with E-state index < -0.39 is 25.1 Å². The van der Waals surface area contributed by atoms with Gasteiger partial charge in [0.2, 0.25) is 10.0 Å². The molecule has 0 atom stereocenters. The van der Waals surface area contributed by atoms with Gasteiger partial charge in [-0.15, -0.1) is 0 Å². The summed E-state index contributed by atoms with van der Waals surface area (Å²) in [6, 6.07) is 0. The highest BCUT2D eigenvalue weighted by Gasteiger charge is 2.40. The number of sulfonamides is 2. The Hall–Kier alpha value is -0.970. The molecule has 0 saturated carbocycles. The molecule has 0 spiro atoms. The molecule has 0 radical (unpaired) electrons. The lowest BCUT2D eigenvalue weighted by Crippen LogP contribution is -2.38. The zero-order valence-electron chi connectivity index (χ0n) is 11.4. The van der Waals surface area contributed by atoms with E-state index in [-0.39, 0.29) is 10.6 Å². The maximum Gasteiger partial charge on any atom is 0.256 e. The van der Waals surface area contributed by atoms with Crippen molar-refractivity contribution in [3.63, 3.8) is 0 Å². The van der Waals surface area contributed by atoms with E-state index in [4.69, 9.17) is 5.14 Å². The average Bonchev–Trinajstić information content (AvgIpc) is 2.65. The summed E-state index contributed by atoms with van der Waals surface area (Å²) in [6.45, 7) is 2.65. The van der Waals surface area contributed by atoms with Crippen LogP contribution in [0.4, 0.5) is 0 Å². The van der Waals surface area contributed by atoms with Gasteiger partial charge in [0, 0.05) is 26.6 Å². The van der Waals surface area contributed by atoms with Crippen LogP contribution in [0.3, 0.4) is 0 Å². The molecule has 0 unspecified atom stereocenters. The Kier molecular flexibility index (Phi) is 3.93. The molecule has 114 valence electrons. The molecule has 0 saturated heterocycles. The van der Waals surface area contributed by atoms with E-state index in [1.807, 2.05) is 6.92 Å². The fraction of sp³-hybridized carbons (Fsp3) is 0.700. The fourth-order valence-corrected chi connectivity index (χ4v) is 5.53. The minimum absolute atomic E-state index is 0.259. The molecule has 1 aliphatic rings. The summed E-state index contributed by atoms with van der Waals surface area (Å²) < 4.78 is 50.7. The maximum absolute atomic E-state index is 12.5. The quantitative estimate of drug-likeness (QED) is 0.796. The van der Waals surface area contributed by atoms with E-state index in [9.17, 15) is 16.8 Å². The van der Waals surface area contributed by atoms with Gasteiger partial charge < -0.3 is 0 Å². The molecule has 0 fully saturated rings. The van der Waals surface area contributed by atoms with E-state index in [0.717, 1.165) is 17.5 Å². The normalized spacial score (nSPS) is 18.9. The number of fused-ring (bicyclic) bond motifs is 1. The van der Waals surface area contributed by atoms with Crippen molar-refractivity contribution in [2.75, 3.05) is 13.1 Å². The topological polar surface area (TPSA) is 115 Å². The van der Waals surface area contributed by atoms with Gasteiger partial charge in [0.25, 0.3) is 10.0 Å². The molecule has 1 aromatic rings. The van der Waals surface area contributed by atoms with Crippen LogP contribution in [0.25, 0.3) is 0 Å². The van der Waals surface area contributed by atoms with E-state index in [1.54, 1.807) is 0 Å². The molecule has 8 nitrogen and oxygen atoms in total. The van der Waals surface area contributed by atoms with Gasteiger partial charge in [-0.05, 0) is 6.42 Å². The van der Waals surface area contributed by atoms with Crippen molar-refractivity contribution in [3.8, 4) is 0 Å². The first kappa shape index (κ1) is 15.4. The maximum atomic E-state index is 12.5. The molecule has 1 aromatic heterocycles. The molecule has 0 bridgehead atoms. The molecule has 0 aromatic carbocycles. The predicted molar refractivity (Wildman–Crippen MR) is 72.0 cm³/mol. The first-order chi connectivity index (χ1) is 9.19. The second-order valence-corrected chi connectivity index (χ2v) is 8.11. The summed E-state index contributed by atoms with van der Waals surface area (Å²) in [5, 5.41) is 8.66. The molecule has 2 N–H and O–H groups in total. The molecule has 2 rings (SSSR count). The van der Waals surface area contributed by atoms with Crippen molar-refractivity contribution in [1.29, 1.82) is 0 Å². The molecule has 10 heteroatoms. The Morgan fingerprint density at radius 2 is 2.05 bits per heavy atom. The highest BCUT2D eigenvalue weighted by molar-refractivity contribution is 7.92. The van der Waals surface area contributed by atoms with Gasteiger partial charge in [-0.3, -0.25) is 4.68 Å². The summed E-state index contributed by atoms with van der Waals surface area (Å²) in [6.07, 6.45) is 1.97. The number of hydrogen-bond donors (Lipinski definition) is 1. The van der Waals surface area contributed by atoms with Crippen molar-refractivity contribution in [3.05, 3.63) is 5.69 Å². The van der Waals surface area contributed by atoms with Crippen LogP contribution >= 0.6 is 0 Å². The van der Waals surface area contributed by atoms with Crippen LogP contribution in [0.15, 0.2) is 9.92 Å². The largest absolute Gasteiger partial charge is 0.256 e. The number of unbranched alkanes of at least 4 members (excludes halogenated alkanes) is 1. The first-order valence-electron chi connectivity index (χ1n) is 6.28. The van der Waals surface area contributed by atoms with Crippen LogP contribution in [0.5, 0.6) is 0 Å². The smallest absolute Gasteiger partial charge is 0.255 e. The van der Waals surface area contributed by atoms with E-state index in [1.165, 1.54) is 11.4 Å². The van der Waals surface area contributed by atoms with Crippen molar-refractivity contribution in [2.45, 2.75) is 36.1 Å². The monoisotopic (exact) mass is 322 g/mol. The number of hydrogen-bond acceptors (Lipinski definition) is 5. The van der Waals surface area contributed by atoms with Crippen LogP contribution in [0.1, 0.15) is 25.5 Å². The molecular formula is C10H18N4O4S2. The zero-order chi connectivity index (χ0) is 15.1. The van der Waals surface area contributed by atoms with Crippen LogP contribution in [-0.2, 0) is 33.5 Å². The van der Waals surface area contributed by atoms with Crippen LogP contribution in [-0.4, -0.2) is 44.0 Å². The Morgan fingerprint density at radius 3 is 2.60 bits per heavy atom. The summed E-state index contributed by atoms with van der Waals surface area (Å²) in [5.41, 5.74) is 0.268. The fourth-order valence-electron chi connectivity index (χ4n) is 2.32. The first-order valence-corrected chi connectivity index (χ1v) is 9.27. The van der Waals surface area contributed by atoms with Crippen molar-refractivity contribution in [1.82, 2.24) is 14.1 Å². The van der Waals surface area contributed by atoms with Crippen molar-refractivity contribution < 1.29 is 16.8 Å². The third-order valence-electron chi connectivity index (χ3n) is 3.25. The SMILES string of the molecule is CCCCN1CCc2nn(C)c(S(N)(=O)=O)c2S1(=O)=O. The van der Waals surface area contributed by atoms with E-state index in [0.29, 0.717) is 19.5 Å². The third kappa shape index (κ3) is 2.48. The standard InChI is InChI=1S/C10H18N4O4S2/c1-3-4-6-14-7-5-8-9(20(14,17)18)10(13(2)12-8)19(11,15)16/h3-7H2,1-2H3,(H2,11,15,16). The van der Waals surface area contributed by atoms with Crippen LogP contribution < -0.4 is 5.14 Å². The molecule has 1 aliphatic heterocycles. The van der Waals surface area contributed by atoms with Gasteiger partial charge in [-0.1, -0.05) is 13.3 Å². The minimum Gasteiger partial charge on any atom is -0.255 e. The second-order valence-electron chi connectivity index (χ2n) is 4.76. The Morgan fingerprint density at radius 1 is 1.40 bits per heavy atom. The lowest BCUT2D eigenvalue weighted by molar-refractivity contribution is 0.391. The van der Waals surface area contributed by atoms with Crippen molar-refractivity contribution in [2.24, 2.45) is 12.2 Å². The number of nitrogens with two attached hydrogens (primary N) is 1. The summed E-state index contributed by atoms with van der Waals surface area (Å²) >= 11 is 0. The molecule has 0 amide bonds. The van der Waals surface area contributed by atoms with Gasteiger partial charge in [0.05, 0.1) is 5.69 Å². The minimum atomic E-state index is -4.15. The number of rotatable bonds is 4. The summed E-state index contributed by atoms with van der Waals surface area (Å²) in [7, 11) is -6.63. The predicted octanol–water partition coefficient (Wildman–Crippen LogP) is -0.586. The second kappa shape index (κ2) is 5.10. The van der Waals surface area contributed by atoms with Gasteiger partial charge in [-0.25, -0.2) is 22.0 Å². The average molecular weight is 322 g/mol. The van der Waals surface area contributed by atoms with Crippen LogP contribution in [0, 0.1) is 0 Å².